The first kappa shape index (κ1) is 21.9. The monoisotopic (exact) mass is 394 g/mol. The molecule has 5 N–H and O–H groups in total. The van der Waals surface area contributed by atoms with Crippen LogP contribution in [0.25, 0.3) is 0 Å². The van der Waals surface area contributed by atoms with E-state index in [0.29, 0.717) is 0 Å². The van der Waals surface area contributed by atoms with Crippen LogP contribution >= 0.6 is 24.2 Å². The maximum absolute atomic E-state index is 11.2. The van der Waals surface area contributed by atoms with E-state index in [9.17, 15) is 24.0 Å². The van der Waals surface area contributed by atoms with Crippen LogP contribution in [0.2, 0.25) is 0 Å². The fourth-order valence-corrected chi connectivity index (χ4v) is 2.21. The van der Waals surface area contributed by atoms with Gasteiger partial charge in [0.1, 0.15) is 0 Å². The van der Waals surface area contributed by atoms with E-state index in [1.54, 1.807) is 0 Å². The molecule has 0 spiro atoms. The van der Waals surface area contributed by atoms with Crippen molar-refractivity contribution in [1.29, 1.82) is 0 Å². The number of carboxylic acid groups (broad SMARTS) is 5. The molecule has 1 aromatic carbocycles. The summed E-state index contributed by atoms with van der Waals surface area (Å²) in [5.41, 5.74) is -6.64. The fourth-order valence-electron chi connectivity index (χ4n) is 1.79. The van der Waals surface area contributed by atoms with Gasteiger partial charge in [0.05, 0.1) is 27.8 Å². The second-order valence-electron chi connectivity index (χ2n) is 3.84. The van der Waals surface area contributed by atoms with Crippen molar-refractivity contribution in [3.05, 3.63) is 27.8 Å². The highest BCUT2D eigenvalue weighted by Gasteiger charge is 2.37. The Labute approximate surface area is 147 Å². The van der Waals surface area contributed by atoms with Gasteiger partial charge >= 0.3 is 29.8 Å². The largest absolute Gasteiger partial charge is 0.478 e. The molecule has 13 heteroatoms. The van der Waals surface area contributed by atoms with E-state index >= 15 is 0 Å². The molecule has 134 valence electrons. The van der Waals surface area contributed by atoms with Gasteiger partial charge in [0, 0.05) is 4.90 Å². The minimum absolute atomic E-state index is 0.222. The molecule has 0 atom stereocenters. The Balaban J connectivity index is 0.00000178. The summed E-state index contributed by atoms with van der Waals surface area (Å²) in [6, 6.07) is 0. The summed E-state index contributed by atoms with van der Waals surface area (Å²) < 4.78 is 0. The quantitative estimate of drug-likeness (QED) is 0.235. The van der Waals surface area contributed by atoms with Gasteiger partial charge in [0.2, 0.25) is 5.75 Å². The van der Waals surface area contributed by atoms with Crippen LogP contribution in [0.4, 0.5) is 0 Å². The molecule has 0 heterocycles. The Hall–Kier alpha value is -3.12. The summed E-state index contributed by atoms with van der Waals surface area (Å²) >= 11 is 7.87. The third kappa shape index (κ3) is 4.45. The van der Waals surface area contributed by atoms with Crippen LogP contribution < -0.4 is 0 Å². The predicted octanol–water partition coefficient (Wildman–Crippen LogP) is 0.882. The summed E-state index contributed by atoms with van der Waals surface area (Å²) in [6.45, 7) is 0. The minimum atomic E-state index is -2.10. The van der Waals surface area contributed by atoms with E-state index in [2.05, 4.69) is 24.2 Å². The van der Waals surface area contributed by atoms with Crippen LogP contribution in [0, 0.1) is 0 Å². The fraction of sp³-hybridized carbons (Fsp3) is 0. The Morgan fingerprint density at radius 3 is 0.960 bits per heavy atom. The number of halogens is 1. The smallest absolute Gasteiger partial charge is 0.337 e. The number of carbonyl (C=O) groups is 6. The number of carboxylic acids is 5. The second kappa shape index (κ2) is 8.65. The number of thiol groups is 1. The van der Waals surface area contributed by atoms with E-state index < -0.39 is 62.6 Å². The number of carbonyl (C=O) groups excluding carboxylic acids is 1. The average molecular weight is 395 g/mol. The summed E-state index contributed by atoms with van der Waals surface area (Å²) in [7, 11) is 0. The van der Waals surface area contributed by atoms with Crippen LogP contribution in [0.5, 0.6) is 0 Å². The summed E-state index contributed by atoms with van der Waals surface area (Å²) in [6.07, 6.45) is 0. The molecule has 25 heavy (non-hydrogen) atoms. The second-order valence-corrected chi connectivity index (χ2v) is 4.46. The maximum Gasteiger partial charge on any atom is 0.337 e. The van der Waals surface area contributed by atoms with Gasteiger partial charge in [0.25, 0.3) is 0 Å². The van der Waals surface area contributed by atoms with Crippen molar-refractivity contribution in [2.24, 2.45) is 0 Å². The zero-order valence-corrected chi connectivity index (χ0v) is 13.2. The number of hydrogen-bond acceptors (Lipinski definition) is 7. The highest BCUT2D eigenvalue weighted by Crippen LogP contribution is 2.32. The third-order valence-corrected chi connectivity index (χ3v) is 2.99. The first-order valence-electron chi connectivity index (χ1n) is 5.57. The van der Waals surface area contributed by atoms with Gasteiger partial charge in [-0.15, -0.1) is 12.6 Å². The van der Waals surface area contributed by atoms with Gasteiger partial charge in [-0.25, -0.2) is 24.0 Å². The molecule has 0 fully saturated rings. The van der Waals surface area contributed by atoms with Crippen LogP contribution in [0.3, 0.4) is 0 Å². The van der Waals surface area contributed by atoms with Crippen LogP contribution in [-0.2, 0) is 4.79 Å². The molecule has 1 aromatic rings. The normalized spacial score (nSPS) is 9.36. The molecule has 0 saturated carbocycles. The summed E-state index contributed by atoms with van der Waals surface area (Å²) in [5, 5.41) is 45.0. The molecule has 0 saturated heterocycles. The lowest BCUT2D eigenvalue weighted by Gasteiger charge is -2.15. The molecule has 11 nitrogen and oxygen atoms in total. The van der Waals surface area contributed by atoms with Crippen molar-refractivity contribution in [2.45, 2.75) is 4.90 Å². The van der Waals surface area contributed by atoms with Crippen molar-refractivity contribution in [1.82, 2.24) is 0 Å². The zero-order valence-electron chi connectivity index (χ0n) is 11.6. The van der Waals surface area contributed by atoms with Crippen molar-refractivity contribution in [2.75, 3.05) is 0 Å². The molecule has 0 aliphatic carbocycles. The third-order valence-electron chi connectivity index (χ3n) is 2.54. The maximum atomic E-state index is 11.2. The van der Waals surface area contributed by atoms with E-state index in [4.69, 9.17) is 30.3 Å². The molecule has 0 radical (unpaired) electrons. The molecule has 0 aliphatic rings. The van der Waals surface area contributed by atoms with Gasteiger partial charge in [0.15, 0.2) is 0 Å². The summed E-state index contributed by atoms with van der Waals surface area (Å²) in [5.74, 6) is -9.92. The number of rotatable bonds is 5. The Morgan fingerprint density at radius 1 is 0.640 bits per heavy atom. The molecule has 0 amide bonds. The number of hydrogen-bond donors (Lipinski definition) is 6. The van der Waals surface area contributed by atoms with Crippen LogP contribution in [0.1, 0.15) is 51.8 Å². The highest BCUT2D eigenvalue weighted by atomic mass is 35.5. The molecule has 0 bridgehead atoms. The lowest BCUT2D eigenvalue weighted by Crippen LogP contribution is -2.24. The summed E-state index contributed by atoms with van der Waals surface area (Å²) in [4.78, 5) is 63.4. The van der Waals surface area contributed by atoms with Crippen molar-refractivity contribution in [3.8, 4) is 0 Å². The first-order valence-corrected chi connectivity index (χ1v) is 6.45. The van der Waals surface area contributed by atoms with E-state index in [-0.39, 0.29) is 5.75 Å². The number of aromatic carboxylic acids is 5. The Bertz CT molecular complexity index is 746. The SMILES string of the molecule is O=C(O)c1c(S)c(C(=O)O)c(C(=O)O)c(C(=O)O)c1C(=O)O.O=CCl. The molecular weight excluding hydrogens is 388 g/mol. The lowest BCUT2D eigenvalue weighted by atomic mass is 9.90. The Morgan fingerprint density at radius 2 is 0.800 bits per heavy atom. The highest BCUT2D eigenvalue weighted by molar-refractivity contribution is 7.80. The standard InChI is InChI=1S/C11H6O10S.CHClO/c12-7(13)1-2(8(14)15)4(10(18)19)6(22)5(11(20)21)3(1)9(16)17;2-1-3/h22H,(H,12,13)(H,14,15)(H,16,17)(H,18,19)(H,20,21);1H. The van der Waals surface area contributed by atoms with Gasteiger partial charge < -0.3 is 25.5 Å². The van der Waals surface area contributed by atoms with Crippen molar-refractivity contribution in [3.63, 3.8) is 0 Å². The van der Waals surface area contributed by atoms with E-state index in [0.717, 1.165) is 0 Å². The molecule has 0 unspecified atom stereocenters. The molecule has 0 aromatic heterocycles. The topological polar surface area (TPSA) is 204 Å². The van der Waals surface area contributed by atoms with Crippen molar-refractivity contribution < 1.29 is 54.3 Å². The lowest BCUT2D eigenvalue weighted by molar-refractivity contribution is 0.0605. The van der Waals surface area contributed by atoms with Gasteiger partial charge in [-0.05, 0) is 11.6 Å². The zero-order chi connectivity index (χ0) is 20.1. The first-order chi connectivity index (χ1) is 11.4. The number of benzene rings is 1. The predicted molar refractivity (Wildman–Crippen MR) is 81.1 cm³/mol. The van der Waals surface area contributed by atoms with E-state index in [1.165, 1.54) is 0 Å². The van der Waals surface area contributed by atoms with Gasteiger partial charge in [-0.3, -0.25) is 4.79 Å². The molecule has 0 aliphatic heterocycles. The molecular formula is C12H7ClO11S. The van der Waals surface area contributed by atoms with Crippen molar-refractivity contribution >= 4 is 59.8 Å². The molecule has 1 rings (SSSR count). The van der Waals surface area contributed by atoms with Gasteiger partial charge in [-0.2, -0.15) is 0 Å². The minimum Gasteiger partial charge on any atom is -0.478 e. The average Bonchev–Trinajstić information content (AvgIpc) is 2.44. The van der Waals surface area contributed by atoms with Gasteiger partial charge in [-0.1, -0.05) is 0 Å². The van der Waals surface area contributed by atoms with Crippen LogP contribution in [-0.4, -0.2) is 61.1 Å². The van der Waals surface area contributed by atoms with E-state index in [1.807, 2.05) is 0 Å². The van der Waals surface area contributed by atoms with Crippen LogP contribution in [0.15, 0.2) is 4.90 Å². The Kier molecular flexibility index (Phi) is 7.57.